The number of unbranched alkanes of at least 4 members (excludes halogenated alkanes) is 2. The Kier molecular flexibility index (Phi) is 27.8. The monoisotopic (exact) mass is 1050 g/mol. The molecule has 3 aliphatic rings. The van der Waals surface area contributed by atoms with E-state index < -0.39 is 21.5 Å². The number of hydrogen-bond donors (Lipinski definition) is 2. The van der Waals surface area contributed by atoms with Crippen LogP contribution in [-0.4, -0.2) is 177 Å². The third-order valence-corrected chi connectivity index (χ3v) is 12.8. The molecule has 0 amide bonds. The van der Waals surface area contributed by atoms with E-state index in [9.17, 15) is 22.9 Å². The van der Waals surface area contributed by atoms with Crippen molar-refractivity contribution in [3.63, 3.8) is 0 Å². The van der Waals surface area contributed by atoms with Gasteiger partial charge in [0.25, 0.3) is 10.1 Å². The van der Waals surface area contributed by atoms with Crippen molar-refractivity contribution < 1.29 is 74.7 Å². The summed E-state index contributed by atoms with van der Waals surface area (Å²) in [5, 5.41) is 10.1. The van der Waals surface area contributed by atoms with Gasteiger partial charge in [0.15, 0.2) is 13.1 Å². The Morgan fingerprint density at radius 1 is 0.685 bits per heavy atom. The van der Waals surface area contributed by atoms with Crippen LogP contribution >= 0.6 is 0 Å². The topological polar surface area (TPSA) is 203 Å². The number of allylic oxidation sites excluding steroid dienone is 3. The number of carboxylic acids is 1. The number of nitrogens with zero attached hydrogens (tertiary/aromatic N) is 2. The molecule has 0 spiro atoms. The molecular formula is C54H83N2O16S+. The summed E-state index contributed by atoms with van der Waals surface area (Å²) >= 11 is 0. The van der Waals surface area contributed by atoms with Crippen LogP contribution < -0.4 is 14.8 Å². The molecule has 0 saturated carbocycles. The molecule has 2 heterocycles. The maximum absolute atomic E-state index is 12.2. The lowest BCUT2D eigenvalue weighted by atomic mass is 9.83. The number of anilines is 1. The van der Waals surface area contributed by atoms with Gasteiger partial charge >= 0.3 is 5.97 Å². The second-order valence-corrected chi connectivity index (χ2v) is 20.3. The van der Waals surface area contributed by atoms with Gasteiger partial charge in [0.1, 0.15) is 24.7 Å². The van der Waals surface area contributed by atoms with E-state index in [1.807, 2.05) is 19.9 Å². The predicted molar refractivity (Wildman–Crippen MR) is 279 cm³/mol. The zero-order valence-corrected chi connectivity index (χ0v) is 45.2. The number of aliphatic carboxylic acids is 1. The van der Waals surface area contributed by atoms with Crippen molar-refractivity contribution in [2.45, 2.75) is 76.0 Å². The summed E-state index contributed by atoms with van der Waals surface area (Å²) in [6.07, 6.45) is 8.24. The number of rotatable bonds is 39. The van der Waals surface area contributed by atoms with Gasteiger partial charge in [-0.3, -0.25) is 9.35 Å². The second kappa shape index (κ2) is 33.1. The lowest BCUT2D eigenvalue weighted by Gasteiger charge is -2.27. The summed E-state index contributed by atoms with van der Waals surface area (Å²) in [5.74, 6) is 0.697. The van der Waals surface area contributed by atoms with Crippen molar-refractivity contribution in [3.8, 4) is 11.3 Å². The second-order valence-electron chi connectivity index (χ2n) is 18.9. The molecular weight excluding hydrogens is 965 g/mol. The van der Waals surface area contributed by atoms with Crippen LogP contribution in [-0.2, 0) is 73.1 Å². The minimum atomic E-state index is -4.43. The lowest BCUT2D eigenvalue weighted by molar-refractivity contribution is -0.137. The molecule has 2 N–H and O–H groups in total. The van der Waals surface area contributed by atoms with Crippen molar-refractivity contribution in [1.82, 2.24) is 4.58 Å². The number of ether oxygens (including phenoxy) is 10. The Bertz CT molecular complexity index is 2250. The van der Waals surface area contributed by atoms with Gasteiger partial charge in [-0.15, -0.1) is 0 Å². The van der Waals surface area contributed by atoms with Crippen LogP contribution in [0.5, 0.6) is 0 Å². The fourth-order valence-corrected chi connectivity index (χ4v) is 8.46. The summed E-state index contributed by atoms with van der Waals surface area (Å²) in [4.78, 5) is 13.2. The first kappa shape index (κ1) is 61.5. The molecule has 1 aliphatic carbocycles. The molecule has 19 heteroatoms. The summed E-state index contributed by atoms with van der Waals surface area (Å²) in [7, 11) is -1.15. The Hall–Kier alpha value is -4.09. The van der Waals surface area contributed by atoms with Gasteiger partial charge in [-0.25, -0.2) is 4.58 Å². The maximum atomic E-state index is 12.2. The number of carboxylic acid groups (broad SMARTS) is 1. The van der Waals surface area contributed by atoms with Crippen molar-refractivity contribution in [1.29, 1.82) is 0 Å². The summed E-state index contributed by atoms with van der Waals surface area (Å²) in [6, 6.07) is 13.0. The van der Waals surface area contributed by atoms with Crippen LogP contribution in [0.15, 0.2) is 69.6 Å². The molecule has 0 unspecified atom stereocenters. The molecule has 0 atom stereocenters. The van der Waals surface area contributed by atoms with Crippen LogP contribution in [0.25, 0.3) is 17.4 Å². The number of carbonyl (C=O) groups is 1. The molecule has 0 saturated heterocycles. The zero-order chi connectivity index (χ0) is 53.0. The van der Waals surface area contributed by atoms with Crippen molar-refractivity contribution in [2.75, 3.05) is 158 Å². The molecule has 1 aromatic carbocycles. The van der Waals surface area contributed by atoms with E-state index in [0.717, 1.165) is 52.0 Å². The molecule has 1 aromatic rings. The van der Waals surface area contributed by atoms with Crippen LogP contribution in [0.4, 0.5) is 5.69 Å². The van der Waals surface area contributed by atoms with Crippen LogP contribution in [0.3, 0.4) is 0 Å². The van der Waals surface area contributed by atoms with Gasteiger partial charge in [-0.1, -0.05) is 53.2 Å². The van der Waals surface area contributed by atoms with Crippen molar-refractivity contribution in [2.24, 2.45) is 0 Å². The fraction of sp³-hybridized carbons (Fsp3) is 0.630. The van der Waals surface area contributed by atoms with Crippen LogP contribution in [0, 0.1) is 0 Å². The first-order chi connectivity index (χ1) is 35.1. The van der Waals surface area contributed by atoms with Gasteiger partial charge in [-0.2, -0.15) is 8.42 Å². The molecule has 4 rings (SSSR count). The zero-order valence-electron chi connectivity index (χ0n) is 44.4. The van der Waals surface area contributed by atoms with Gasteiger partial charge in [0, 0.05) is 61.0 Å². The van der Waals surface area contributed by atoms with E-state index in [0.29, 0.717) is 151 Å². The van der Waals surface area contributed by atoms with E-state index in [1.54, 1.807) is 26.4 Å². The standard InChI is InChI=1S/C54H82N2O16S/c1-53(2,3)51-40-43(12-11-13-50-54(4,5)47-42-45(73(59,60)61)16-18-48(47)56(50)19-10-8-9-14-52(57)58)46-17-15-44(41-49(46)72-51)55(20-22-64-28-30-68-36-38-70-34-32-66-26-24-62-6)21-23-65-29-31-69-37-39-71-35-33-67-27-25-63-7/h11-13,15-18,40-42H,8-10,14,19-39H2,1-7H3,(H-,57,58,59,60,61)/p+1. The number of hydrogen-bond acceptors (Lipinski definition) is 15. The van der Waals surface area contributed by atoms with Gasteiger partial charge < -0.3 is 61.8 Å². The Morgan fingerprint density at radius 3 is 1.67 bits per heavy atom. The van der Waals surface area contributed by atoms with Gasteiger partial charge in [-0.05, 0) is 60.4 Å². The smallest absolute Gasteiger partial charge is 0.303 e. The molecule has 0 radical (unpaired) electrons. The van der Waals surface area contributed by atoms with Gasteiger partial charge in [0.05, 0.1) is 117 Å². The number of methoxy groups -OCH3 is 2. The number of benzene rings is 2. The Morgan fingerprint density at radius 2 is 1.19 bits per heavy atom. The van der Waals surface area contributed by atoms with E-state index in [1.165, 1.54) is 6.07 Å². The summed E-state index contributed by atoms with van der Waals surface area (Å²) < 4.78 is 98.6. The third kappa shape index (κ3) is 22.0. The van der Waals surface area contributed by atoms with E-state index in [4.69, 9.17) is 51.8 Å². The van der Waals surface area contributed by atoms with Crippen LogP contribution in [0.2, 0.25) is 0 Å². The highest BCUT2D eigenvalue weighted by Gasteiger charge is 2.40. The lowest BCUT2D eigenvalue weighted by Crippen LogP contribution is -2.36. The van der Waals surface area contributed by atoms with E-state index in [2.05, 4.69) is 66.7 Å². The first-order valence-corrected chi connectivity index (χ1v) is 26.8. The molecule has 0 bridgehead atoms. The minimum absolute atomic E-state index is 0.102. The average molecular weight is 1050 g/mol. The first-order valence-electron chi connectivity index (χ1n) is 25.3. The molecule has 18 nitrogen and oxygen atoms in total. The highest BCUT2D eigenvalue weighted by Crippen LogP contribution is 2.48. The SMILES string of the molecule is COCCOCCOCCOCCOCC[N+](CCOCCOCCOCCOCCOC)=c1ccc2c(/C=C/C=C3/N(CCCCCC(=O)O)c4ccc(S(=O)(=O)O)cc4C3(C)C)cc(C(C)(C)C)oc-2c1. The molecule has 73 heavy (non-hydrogen) atoms. The Balaban J connectivity index is 1.52. The summed E-state index contributed by atoms with van der Waals surface area (Å²) in [6.45, 7) is 20.9. The number of fused-ring (bicyclic) bond motifs is 2. The average Bonchev–Trinajstić information content (AvgIpc) is 3.56. The quantitative estimate of drug-likeness (QED) is 0.0357. The van der Waals surface area contributed by atoms with E-state index in [-0.39, 0.29) is 16.7 Å². The summed E-state index contributed by atoms with van der Waals surface area (Å²) in [5.41, 5.74) is 3.50. The van der Waals surface area contributed by atoms with Crippen molar-refractivity contribution >= 4 is 27.9 Å². The minimum Gasteiger partial charge on any atom is -0.481 e. The highest BCUT2D eigenvalue weighted by atomic mass is 32.2. The third-order valence-electron chi connectivity index (χ3n) is 12.0. The largest absolute Gasteiger partial charge is 0.481 e. The van der Waals surface area contributed by atoms with E-state index >= 15 is 0 Å². The molecule has 0 fully saturated rings. The van der Waals surface area contributed by atoms with Gasteiger partial charge in [0.2, 0.25) is 5.36 Å². The molecule has 2 aliphatic heterocycles. The highest BCUT2D eigenvalue weighted by molar-refractivity contribution is 7.85. The van der Waals surface area contributed by atoms with Crippen molar-refractivity contribution in [3.05, 3.63) is 82.6 Å². The molecule has 0 aromatic heterocycles. The Labute approximate surface area is 433 Å². The van der Waals surface area contributed by atoms with Crippen LogP contribution in [0.1, 0.15) is 77.2 Å². The molecule has 410 valence electrons. The normalized spacial score (nSPS) is 14.3. The maximum Gasteiger partial charge on any atom is 0.303 e. The predicted octanol–water partition coefficient (Wildman–Crippen LogP) is 6.47. The fourth-order valence-electron chi connectivity index (χ4n) is 7.95.